The average molecular weight is 255 g/mol. The number of benzene rings is 1. The van der Waals surface area contributed by atoms with Gasteiger partial charge < -0.3 is 4.74 Å². The summed E-state index contributed by atoms with van der Waals surface area (Å²) in [6.45, 7) is -0.141. The molecule has 0 amide bonds. The number of methoxy groups -OCH3 is 1. The second-order valence-electron chi connectivity index (χ2n) is 3.17. The number of carbonyl (C=O) groups excluding carboxylic acids is 2. The second-order valence-corrected chi connectivity index (χ2v) is 3.60. The first-order chi connectivity index (χ1) is 8.11. The highest BCUT2D eigenvalue weighted by Crippen LogP contribution is 2.16. The molecule has 0 heterocycles. The highest BCUT2D eigenvalue weighted by Gasteiger charge is 2.08. The van der Waals surface area contributed by atoms with E-state index in [-0.39, 0.29) is 18.7 Å². The van der Waals surface area contributed by atoms with Crippen LogP contribution in [0.2, 0.25) is 5.02 Å². The molecule has 5 nitrogen and oxygen atoms in total. The van der Waals surface area contributed by atoms with Gasteiger partial charge in [-0.15, -0.1) is 0 Å². The van der Waals surface area contributed by atoms with E-state index in [0.717, 1.165) is 0 Å². The minimum atomic E-state index is -0.573. The SMILES string of the molecule is COC(=O)CC(=O)CN=Nc1ccc(Cl)cc1. The van der Waals surface area contributed by atoms with Gasteiger partial charge in [0, 0.05) is 5.02 Å². The lowest BCUT2D eigenvalue weighted by molar-refractivity contribution is -0.143. The highest BCUT2D eigenvalue weighted by atomic mass is 35.5. The fourth-order valence-electron chi connectivity index (χ4n) is 0.993. The maximum Gasteiger partial charge on any atom is 0.313 e. The Kier molecular flexibility index (Phi) is 5.29. The van der Waals surface area contributed by atoms with Crippen LogP contribution in [0, 0.1) is 0 Å². The molecule has 0 atom stereocenters. The van der Waals surface area contributed by atoms with E-state index >= 15 is 0 Å². The lowest BCUT2D eigenvalue weighted by Gasteiger charge is -1.95. The van der Waals surface area contributed by atoms with Gasteiger partial charge in [0.05, 0.1) is 12.8 Å². The van der Waals surface area contributed by atoms with E-state index in [4.69, 9.17) is 11.6 Å². The van der Waals surface area contributed by atoms with E-state index < -0.39 is 5.97 Å². The summed E-state index contributed by atoms with van der Waals surface area (Å²) in [5, 5.41) is 8.10. The Hall–Kier alpha value is -1.75. The normalized spacial score (nSPS) is 10.5. The molecule has 1 rings (SSSR count). The van der Waals surface area contributed by atoms with Gasteiger partial charge in [-0.25, -0.2) is 0 Å². The van der Waals surface area contributed by atoms with Gasteiger partial charge in [0.1, 0.15) is 13.0 Å². The standard InChI is InChI=1S/C11H11ClN2O3/c1-17-11(16)6-10(15)7-13-14-9-4-2-8(12)3-5-9/h2-5H,6-7H2,1H3. The molecule has 0 saturated carbocycles. The van der Waals surface area contributed by atoms with Crippen LogP contribution in [0.5, 0.6) is 0 Å². The number of hydrogen-bond acceptors (Lipinski definition) is 5. The summed E-state index contributed by atoms with van der Waals surface area (Å²) < 4.78 is 4.35. The average Bonchev–Trinajstić information content (AvgIpc) is 2.31. The Morgan fingerprint density at radius 2 is 1.94 bits per heavy atom. The lowest BCUT2D eigenvalue weighted by atomic mass is 10.3. The molecule has 0 saturated heterocycles. The Labute approximate surface area is 103 Å². The number of ether oxygens (including phenoxy) is 1. The van der Waals surface area contributed by atoms with Crippen molar-refractivity contribution in [1.82, 2.24) is 0 Å². The quantitative estimate of drug-likeness (QED) is 0.461. The van der Waals surface area contributed by atoms with Crippen LogP contribution in [0.25, 0.3) is 0 Å². The van der Waals surface area contributed by atoms with Crippen molar-refractivity contribution in [2.45, 2.75) is 6.42 Å². The molecule has 0 fully saturated rings. The van der Waals surface area contributed by atoms with Gasteiger partial charge in [-0.3, -0.25) is 9.59 Å². The maximum absolute atomic E-state index is 11.2. The first kappa shape index (κ1) is 13.3. The summed E-state index contributed by atoms with van der Waals surface area (Å²) in [7, 11) is 1.23. The van der Waals surface area contributed by atoms with Crippen LogP contribution in [-0.2, 0) is 14.3 Å². The van der Waals surface area contributed by atoms with Crippen molar-refractivity contribution in [3.63, 3.8) is 0 Å². The van der Waals surface area contributed by atoms with Crippen LogP contribution in [0.3, 0.4) is 0 Å². The molecule has 1 aromatic carbocycles. The molecule has 0 spiro atoms. The smallest absolute Gasteiger partial charge is 0.313 e. The zero-order valence-electron chi connectivity index (χ0n) is 9.22. The van der Waals surface area contributed by atoms with Gasteiger partial charge in [0.2, 0.25) is 0 Å². The predicted octanol–water partition coefficient (Wildman–Crippen LogP) is 2.56. The molecule has 1 aromatic rings. The summed E-state index contributed by atoms with van der Waals surface area (Å²) >= 11 is 5.69. The summed E-state index contributed by atoms with van der Waals surface area (Å²) in [6.07, 6.45) is -0.282. The lowest BCUT2D eigenvalue weighted by Crippen LogP contribution is -2.11. The van der Waals surface area contributed by atoms with E-state index in [9.17, 15) is 9.59 Å². The van der Waals surface area contributed by atoms with Gasteiger partial charge in [-0.1, -0.05) is 11.6 Å². The van der Waals surface area contributed by atoms with E-state index in [0.29, 0.717) is 10.7 Å². The molecule has 0 bridgehead atoms. The van der Waals surface area contributed by atoms with Gasteiger partial charge in [0.15, 0.2) is 5.78 Å². The first-order valence-electron chi connectivity index (χ1n) is 4.83. The van der Waals surface area contributed by atoms with Crippen LogP contribution in [0.4, 0.5) is 5.69 Å². The third kappa shape index (κ3) is 5.21. The maximum atomic E-state index is 11.2. The zero-order chi connectivity index (χ0) is 12.7. The van der Waals surface area contributed by atoms with Gasteiger partial charge in [-0.2, -0.15) is 10.2 Å². The predicted molar refractivity (Wildman–Crippen MR) is 62.5 cm³/mol. The van der Waals surface area contributed by atoms with Crippen LogP contribution < -0.4 is 0 Å². The van der Waals surface area contributed by atoms with Crippen molar-refractivity contribution in [2.24, 2.45) is 10.2 Å². The van der Waals surface area contributed by atoms with Crippen LogP contribution in [0.15, 0.2) is 34.5 Å². The van der Waals surface area contributed by atoms with Crippen molar-refractivity contribution >= 4 is 29.0 Å². The molecule has 0 N–H and O–H groups in total. The number of carbonyl (C=O) groups is 2. The number of halogens is 1. The van der Waals surface area contributed by atoms with Crippen LogP contribution in [0.1, 0.15) is 6.42 Å². The minimum absolute atomic E-state index is 0.141. The minimum Gasteiger partial charge on any atom is -0.469 e. The number of ketones is 1. The molecule has 0 unspecified atom stereocenters. The summed E-state index contributed by atoms with van der Waals surface area (Å²) in [5.41, 5.74) is 0.597. The fraction of sp³-hybridized carbons (Fsp3) is 0.273. The largest absolute Gasteiger partial charge is 0.469 e. The fourth-order valence-corrected chi connectivity index (χ4v) is 1.12. The number of rotatable bonds is 5. The summed E-state index contributed by atoms with van der Waals surface area (Å²) in [4.78, 5) is 21.9. The Morgan fingerprint density at radius 1 is 1.29 bits per heavy atom. The molecule has 0 aliphatic rings. The number of hydrogen-bond donors (Lipinski definition) is 0. The number of esters is 1. The van der Waals surface area contributed by atoms with Gasteiger partial charge in [0.25, 0.3) is 0 Å². The summed E-state index contributed by atoms with van der Waals surface area (Å²) in [6, 6.07) is 6.70. The Morgan fingerprint density at radius 3 is 2.53 bits per heavy atom. The van der Waals surface area contributed by atoms with E-state index in [1.165, 1.54) is 7.11 Å². The highest BCUT2D eigenvalue weighted by molar-refractivity contribution is 6.30. The number of azo groups is 1. The van der Waals surface area contributed by atoms with E-state index in [1.807, 2.05) is 0 Å². The molecule has 0 aliphatic carbocycles. The first-order valence-corrected chi connectivity index (χ1v) is 5.21. The Bertz CT molecular complexity index is 429. The van der Waals surface area contributed by atoms with E-state index in [1.54, 1.807) is 24.3 Å². The van der Waals surface area contributed by atoms with Crippen LogP contribution >= 0.6 is 11.6 Å². The van der Waals surface area contributed by atoms with Crippen molar-refractivity contribution in [2.75, 3.05) is 13.7 Å². The van der Waals surface area contributed by atoms with Crippen LogP contribution in [-0.4, -0.2) is 25.4 Å². The van der Waals surface area contributed by atoms with Gasteiger partial charge >= 0.3 is 5.97 Å². The van der Waals surface area contributed by atoms with Crippen molar-refractivity contribution < 1.29 is 14.3 Å². The summed E-state index contributed by atoms with van der Waals surface area (Å²) in [5.74, 6) is -0.911. The van der Waals surface area contributed by atoms with E-state index in [2.05, 4.69) is 15.0 Å². The number of Topliss-reactive ketones (excluding diaryl/α,β-unsaturated/α-hetero) is 1. The molecule has 6 heteroatoms. The topological polar surface area (TPSA) is 68.1 Å². The van der Waals surface area contributed by atoms with Gasteiger partial charge in [-0.05, 0) is 24.3 Å². The molecule has 0 radical (unpaired) electrons. The molecule has 0 aromatic heterocycles. The molecule has 0 aliphatic heterocycles. The molecular weight excluding hydrogens is 244 g/mol. The number of nitrogens with zero attached hydrogens (tertiary/aromatic N) is 2. The zero-order valence-corrected chi connectivity index (χ0v) is 9.98. The monoisotopic (exact) mass is 254 g/mol. The van der Waals surface area contributed by atoms with Crippen molar-refractivity contribution in [3.8, 4) is 0 Å². The third-order valence-electron chi connectivity index (χ3n) is 1.83. The van der Waals surface area contributed by atoms with Crippen molar-refractivity contribution in [3.05, 3.63) is 29.3 Å². The molecular formula is C11H11ClN2O3. The third-order valence-corrected chi connectivity index (χ3v) is 2.08. The molecule has 90 valence electrons. The van der Waals surface area contributed by atoms with Crippen molar-refractivity contribution in [1.29, 1.82) is 0 Å². The second kappa shape index (κ2) is 6.75. The Balaban J connectivity index is 2.42. The molecule has 17 heavy (non-hydrogen) atoms.